The first-order chi connectivity index (χ1) is 8.70. The molecule has 0 spiro atoms. The fraction of sp³-hybridized carbons (Fsp3) is 0.625. The summed E-state index contributed by atoms with van der Waals surface area (Å²) in [6, 6.07) is 12.2. The van der Waals surface area contributed by atoms with Crippen molar-refractivity contribution in [3.8, 4) is 0 Å². The Balaban J connectivity index is 0.000000136. The largest absolute Gasteiger partial charge is 0.375 e. The summed E-state index contributed by atoms with van der Waals surface area (Å²) >= 11 is 0. The van der Waals surface area contributed by atoms with Gasteiger partial charge in [-0.15, -0.1) is 0 Å². The molecular weight excluding hydrogens is 220 g/mol. The number of rotatable bonds is 2. The van der Waals surface area contributed by atoms with Crippen molar-refractivity contribution in [3.05, 3.63) is 30.3 Å². The molecule has 3 unspecified atom stereocenters. The highest BCUT2D eigenvalue weighted by Gasteiger charge is 2.35. The normalized spacial score (nSPS) is 28.7. The Labute approximate surface area is 111 Å². The van der Waals surface area contributed by atoms with Crippen LogP contribution in [0.4, 0.5) is 5.69 Å². The Morgan fingerprint density at radius 2 is 1.94 bits per heavy atom. The summed E-state index contributed by atoms with van der Waals surface area (Å²) in [6.45, 7) is 5.56. The Bertz CT molecular complexity index is 347. The number of fused-ring (bicyclic) bond motifs is 2. The van der Waals surface area contributed by atoms with Crippen LogP contribution in [0.25, 0.3) is 0 Å². The molecule has 2 heteroatoms. The van der Waals surface area contributed by atoms with Crippen molar-refractivity contribution in [2.75, 3.05) is 18.5 Å². The first-order valence-corrected chi connectivity index (χ1v) is 7.23. The Morgan fingerprint density at radius 1 is 1.22 bits per heavy atom. The second-order valence-electron chi connectivity index (χ2n) is 5.61. The predicted molar refractivity (Wildman–Crippen MR) is 79.1 cm³/mol. The zero-order valence-electron chi connectivity index (χ0n) is 11.9. The third-order valence-corrected chi connectivity index (χ3v) is 4.29. The van der Waals surface area contributed by atoms with Crippen molar-refractivity contribution in [1.82, 2.24) is 5.32 Å². The van der Waals surface area contributed by atoms with Gasteiger partial charge in [0.2, 0.25) is 0 Å². The average molecular weight is 246 g/mol. The molecule has 2 bridgehead atoms. The molecular formula is C16H26N2. The number of benzene rings is 1. The van der Waals surface area contributed by atoms with Crippen LogP contribution >= 0.6 is 0 Å². The van der Waals surface area contributed by atoms with Crippen molar-refractivity contribution in [1.29, 1.82) is 0 Å². The summed E-state index contributed by atoms with van der Waals surface area (Å²) in [5.74, 6) is 0.966. The van der Waals surface area contributed by atoms with Crippen molar-refractivity contribution in [2.24, 2.45) is 5.92 Å². The third kappa shape index (κ3) is 3.26. The summed E-state index contributed by atoms with van der Waals surface area (Å²) in [4.78, 5) is 2.21. The van der Waals surface area contributed by atoms with Crippen molar-refractivity contribution < 1.29 is 0 Å². The first-order valence-electron chi connectivity index (χ1n) is 7.23. The zero-order valence-corrected chi connectivity index (χ0v) is 11.9. The minimum absolute atomic E-state index is 0.889. The lowest BCUT2D eigenvalue weighted by Crippen LogP contribution is -2.20. The summed E-state index contributed by atoms with van der Waals surface area (Å²) in [5, 5.41) is 3.58. The zero-order chi connectivity index (χ0) is 13.0. The lowest BCUT2D eigenvalue weighted by molar-refractivity contribution is 0.439. The van der Waals surface area contributed by atoms with Crippen LogP contribution in [0.15, 0.2) is 30.3 Å². The standard InChI is InChI=1S/C9H13N.C7H13N/c1-3-10(2)9-7-5-4-6-8-9;1-5-4-6-2-3-7(5)8-6/h4-8H,3H2,1-2H3;5-8H,2-4H2,1H3. The van der Waals surface area contributed by atoms with E-state index >= 15 is 0 Å². The molecule has 1 aromatic rings. The molecule has 100 valence electrons. The maximum absolute atomic E-state index is 3.58. The topological polar surface area (TPSA) is 15.3 Å². The van der Waals surface area contributed by atoms with Crippen molar-refractivity contribution >= 4 is 5.69 Å². The van der Waals surface area contributed by atoms with Gasteiger partial charge >= 0.3 is 0 Å². The third-order valence-electron chi connectivity index (χ3n) is 4.29. The number of anilines is 1. The molecule has 0 aliphatic carbocycles. The maximum Gasteiger partial charge on any atom is 0.0363 e. The summed E-state index contributed by atoms with van der Waals surface area (Å²) < 4.78 is 0. The molecule has 2 heterocycles. The number of nitrogens with one attached hydrogen (secondary N) is 1. The van der Waals surface area contributed by atoms with E-state index in [-0.39, 0.29) is 0 Å². The predicted octanol–water partition coefficient (Wildman–Crippen LogP) is 3.29. The van der Waals surface area contributed by atoms with Gasteiger partial charge in [-0.05, 0) is 44.2 Å². The molecule has 2 aliphatic rings. The van der Waals surface area contributed by atoms with E-state index in [1.165, 1.54) is 24.9 Å². The fourth-order valence-corrected chi connectivity index (χ4v) is 2.96. The van der Waals surface area contributed by atoms with Crippen LogP contribution in [0, 0.1) is 5.92 Å². The van der Waals surface area contributed by atoms with Gasteiger partial charge in [-0.2, -0.15) is 0 Å². The molecule has 0 radical (unpaired) electrons. The van der Waals surface area contributed by atoms with Crippen LogP contribution in [0.1, 0.15) is 33.1 Å². The smallest absolute Gasteiger partial charge is 0.0363 e. The number of nitrogens with zero attached hydrogens (tertiary/aromatic N) is 1. The van der Waals surface area contributed by atoms with Crippen LogP contribution < -0.4 is 10.2 Å². The van der Waals surface area contributed by atoms with Gasteiger partial charge in [0, 0.05) is 31.4 Å². The molecule has 18 heavy (non-hydrogen) atoms. The molecule has 3 rings (SSSR count). The molecule has 3 atom stereocenters. The monoisotopic (exact) mass is 246 g/mol. The molecule has 2 nitrogen and oxygen atoms in total. The fourth-order valence-electron chi connectivity index (χ4n) is 2.96. The van der Waals surface area contributed by atoms with Gasteiger partial charge in [0.15, 0.2) is 0 Å². The van der Waals surface area contributed by atoms with E-state index in [9.17, 15) is 0 Å². The second kappa shape index (κ2) is 6.24. The second-order valence-corrected chi connectivity index (χ2v) is 5.61. The van der Waals surface area contributed by atoms with E-state index < -0.39 is 0 Å². The van der Waals surface area contributed by atoms with Gasteiger partial charge in [0.05, 0.1) is 0 Å². The highest BCUT2D eigenvalue weighted by molar-refractivity contribution is 5.44. The minimum Gasteiger partial charge on any atom is -0.375 e. The molecule has 0 aromatic heterocycles. The average Bonchev–Trinajstić information content (AvgIpc) is 3.01. The van der Waals surface area contributed by atoms with Crippen LogP contribution in [-0.2, 0) is 0 Å². The molecule has 2 saturated heterocycles. The molecule has 0 amide bonds. The van der Waals surface area contributed by atoms with Crippen LogP contribution in [0.2, 0.25) is 0 Å². The number of para-hydroxylation sites is 1. The molecule has 2 aliphatic heterocycles. The molecule has 2 fully saturated rings. The molecule has 1 aromatic carbocycles. The molecule has 1 N–H and O–H groups in total. The Kier molecular flexibility index (Phi) is 4.65. The maximum atomic E-state index is 3.58. The van der Waals surface area contributed by atoms with Gasteiger partial charge in [-0.1, -0.05) is 25.1 Å². The van der Waals surface area contributed by atoms with Gasteiger partial charge in [-0.3, -0.25) is 0 Å². The van der Waals surface area contributed by atoms with Crippen LogP contribution in [-0.4, -0.2) is 25.7 Å². The van der Waals surface area contributed by atoms with Crippen molar-refractivity contribution in [3.63, 3.8) is 0 Å². The number of hydrogen-bond acceptors (Lipinski definition) is 2. The molecule has 0 saturated carbocycles. The van der Waals surface area contributed by atoms with Gasteiger partial charge in [0.25, 0.3) is 0 Å². The van der Waals surface area contributed by atoms with E-state index in [1.54, 1.807) is 0 Å². The van der Waals surface area contributed by atoms with Crippen molar-refractivity contribution in [2.45, 2.75) is 45.2 Å². The van der Waals surface area contributed by atoms with Gasteiger partial charge in [0.1, 0.15) is 0 Å². The van der Waals surface area contributed by atoms with E-state index in [2.05, 4.69) is 55.4 Å². The summed E-state index contributed by atoms with van der Waals surface area (Å²) in [7, 11) is 2.09. The minimum atomic E-state index is 0.889. The Hall–Kier alpha value is -1.02. The number of hydrogen-bond donors (Lipinski definition) is 1. The first kappa shape index (κ1) is 13.4. The Morgan fingerprint density at radius 3 is 2.33 bits per heavy atom. The van der Waals surface area contributed by atoms with E-state index in [0.29, 0.717) is 0 Å². The highest BCUT2D eigenvalue weighted by atomic mass is 15.1. The van der Waals surface area contributed by atoms with E-state index in [4.69, 9.17) is 0 Å². The summed E-state index contributed by atoms with van der Waals surface area (Å²) in [5.41, 5.74) is 1.28. The highest BCUT2D eigenvalue weighted by Crippen LogP contribution is 2.32. The quantitative estimate of drug-likeness (QED) is 0.861. The van der Waals surface area contributed by atoms with Gasteiger partial charge < -0.3 is 10.2 Å². The van der Waals surface area contributed by atoms with E-state index in [1.807, 2.05) is 6.07 Å². The SMILES string of the molecule is CC1CC2CCC1N2.CCN(C)c1ccccc1. The van der Waals surface area contributed by atoms with Gasteiger partial charge in [-0.25, -0.2) is 0 Å². The van der Waals surface area contributed by atoms with Crippen LogP contribution in [0.5, 0.6) is 0 Å². The van der Waals surface area contributed by atoms with E-state index in [0.717, 1.165) is 24.5 Å². The van der Waals surface area contributed by atoms with Crippen LogP contribution in [0.3, 0.4) is 0 Å². The lowest BCUT2D eigenvalue weighted by atomic mass is 9.91. The lowest BCUT2D eigenvalue weighted by Gasteiger charge is -2.15. The summed E-state index contributed by atoms with van der Waals surface area (Å²) in [6.07, 6.45) is 4.31.